The molecular weight excluding hydrogens is 262 g/mol. The number of hydrogen-bond acceptors (Lipinski definition) is 4. The number of pyridine rings is 1. The molecule has 2 N–H and O–H groups in total. The molecule has 0 aromatic carbocycles. The number of nitrogens with one attached hydrogen (secondary N) is 1. The Morgan fingerprint density at radius 2 is 2.20 bits per heavy atom. The first-order valence-corrected chi connectivity index (χ1v) is 6.35. The van der Waals surface area contributed by atoms with Crippen molar-refractivity contribution < 1.29 is 19.4 Å². The van der Waals surface area contributed by atoms with E-state index in [-0.39, 0.29) is 23.7 Å². The molecule has 108 valence electrons. The minimum Gasteiger partial charge on any atom is -0.478 e. The van der Waals surface area contributed by atoms with Gasteiger partial charge in [-0.15, -0.1) is 0 Å². The summed E-state index contributed by atoms with van der Waals surface area (Å²) in [4.78, 5) is 28.5. The molecule has 1 aliphatic heterocycles. The number of rotatable bonds is 2. The van der Waals surface area contributed by atoms with Crippen molar-refractivity contribution in [2.45, 2.75) is 26.0 Å². The summed E-state index contributed by atoms with van der Waals surface area (Å²) >= 11 is 0. The van der Waals surface area contributed by atoms with Gasteiger partial charge in [0.25, 0.3) is 0 Å². The second-order valence-electron chi connectivity index (χ2n) is 4.84. The fourth-order valence-electron chi connectivity index (χ4n) is 2.01. The quantitative estimate of drug-likeness (QED) is 0.854. The fraction of sp³-hybridized carbons (Fsp3) is 0.462. The number of carboxylic acids is 1. The molecule has 7 heteroatoms. The highest BCUT2D eigenvalue weighted by atomic mass is 16.5. The van der Waals surface area contributed by atoms with Gasteiger partial charge in [-0.25, -0.2) is 9.59 Å². The maximum atomic E-state index is 12.2. The molecule has 7 nitrogen and oxygen atoms in total. The summed E-state index contributed by atoms with van der Waals surface area (Å²) in [6, 6.07) is 1.07. The van der Waals surface area contributed by atoms with Crippen molar-refractivity contribution in [1.82, 2.24) is 9.88 Å². The van der Waals surface area contributed by atoms with Crippen LogP contribution in [0.25, 0.3) is 0 Å². The van der Waals surface area contributed by atoms with Crippen molar-refractivity contribution in [3.8, 4) is 0 Å². The minimum absolute atomic E-state index is 0.0135. The number of morpholine rings is 1. The molecule has 1 aliphatic rings. The van der Waals surface area contributed by atoms with Crippen LogP contribution in [0.1, 0.15) is 24.2 Å². The van der Waals surface area contributed by atoms with E-state index in [1.807, 2.05) is 13.8 Å². The first-order chi connectivity index (χ1) is 9.47. The number of aromatic carboxylic acids is 1. The van der Waals surface area contributed by atoms with Crippen molar-refractivity contribution >= 4 is 17.7 Å². The Morgan fingerprint density at radius 3 is 2.90 bits per heavy atom. The van der Waals surface area contributed by atoms with E-state index in [1.165, 1.54) is 18.5 Å². The lowest BCUT2D eigenvalue weighted by atomic mass is 10.2. The highest BCUT2D eigenvalue weighted by molar-refractivity contribution is 5.92. The Labute approximate surface area is 116 Å². The van der Waals surface area contributed by atoms with Crippen LogP contribution in [-0.4, -0.2) is 52.3 Å². The molecule has 2 heterocycles. The molecule has 2 rings (SSSR count). The number of carbonyl (C=O) groups excluding carboxylic acids is 1. The molecule has 0 aliphatic carbocycles. The van der Waals surface area contributed by atoms with Gasteiger partial charge < -0.3 is 20.1 Å². The molecule has 0 spiro atoms. The summed E-state index contributed by atoms with van der Waals surface area (Å²) in [6.07, 6.45) is 2.64. The number of amides is 2. The lowest BCUT2D eigenvalue weighted by molar-refractivity contribution is -0.0296. The van der Waals surface area contributed by atoms with Gasteiger partial charge in [-0.3, -0.25) is 4.98 Å². The van der Waals surface area contributed by atoms with Gasteiger partial charge in [-0.2, -0.15) is 0 Å². The van der Waals surface area contributed by atoms with Crippen LogP contribution >= 0.6 is 0 Å². The van der Waals surface area contributed by atoms with E-state index in [1.54, 1.807) is 4.90 Å². The van der Waals surface area contributed by atoms with E-state index in [0.29, 0.717) is 18.8 Å². The number of anilines is 1. The summed E-state index contributed by atoms with van der Waals surface area (Å²) in [7, 11) is 0. The van der Waals surface area contributed by atoms with E-state index in [4.69, 9.17) is 9.84 Å². The van der Waals surface area contributed by atoms with Crippen molar-refractivity contribution in [3.63, 3.8) is 0 Å². The Bertz CT molecular complexity index is 520. The zero-order valence-corrected chi connectivity index (χ0v) is 11.4. The van der Waals surface area contributed by atoms with Crippen LogP contribution in [0.4, 0.5) is 10.5 Å². The van der Waals surface area contributed by atoms with Gasteiger partial charge >= 0.3 is 12.0 Å². The van der Waals surface area contributed by atoms with Crippen molar-refractivity contribution in [3.05, 3.63) is 24.0 Å². The number of urea groups is 1. The SMILES string of the molecule is CC1CN(C(=O)Nc2cncc(C(=O)O)c2)C(C)CO1. The van der Waals surface area contributed by atoms with Crippen LogP contribution < -0.4 is 5.32 Å². The highest BCUT2D eigenvalue weighted by Gasteiger charge is 2.27. The van der Waals surface area contributed by atoms with Crippen LogP contribution in [0.15, 0.2) is 18.5 Å². The average Bonchev–Trinajstić information content (AvgIpc) is 2.41. The largest absolute Gasteiger partial charge is 0.478 e. The van der Waals surface area contributed by atoms with Gasteiger partial charge in [-0.05, 0) is 19.9 Å². The lowest BCUT2D eigenvalue weighted by Crippen LogP contribution is -2.51. The van der Waals surface area contributed by atoms with E-state index in [9.17, 15) is 9.59 Å². The minimum atomic E-state index is -1.08. The molecule has 2 unspecified atom stereocenters. The monoisotopic (exact) mass is 279 g/mol. The molecule has 1 saturated heterocycles. The van der Waals surface area contributed by atoms with E-state index < -0.39 is 5.97 Å². The van der Waals surface area contributed by atoms with E-state index >= 15 is 0 Å². The smallest absolute Gasteiger partial charge is 0.337 e. The normalized spacial score (nSPS) is 22.4. The maximum Gasteiger partial charge on any atom is 0.337 e. The van der Waals surface area contributed by atoms with Crippen molar-refractivity contribution in [1.29, 1.82) is 0 Å². The molecular formula is C13H17N3O4. The Balaban J connectivity index is 2.07. The maximum absolute atomic E-state index is 12.2. The van der Waals surface area contributed by atoms with Crippen LogP contribution in [0.5, 0.6) is 0 Å². The first-order valence-electron chi connectivity index (χ1n) is 6.35. The Morgan fingerprint density at radius 1 is 1.45 bits per heavy atom. The summed E-state index contributed by atoms with van der Waals surface area (Å²) in [5.41, 5.74) is 0.396. The zero-order valence-electron chi connectivity index (χ0n) is 11.4. The third-order valence-electron chi connectivity index (χ3n) is 3.11. The van der Waals surface area contributed by atoms with Crippen LogP contribution in [-0.2, 0) is 4.74 Å². The second kappa shape index (κ2) is 5.87. The highest BCUT2D eigenvalue weighted by Crippen LogP contribution is 2.15. The van der Waals surface area contributed by atoms with Crippen LogP contribution in [0.2, 0.25) is 0 Å². The average molecular weight is 279 g/mol. The molecule has 2 atom stereocenters. The second-order valence-corrected chi connectivity index (χ2v) is 4.84. The molecule has 2 amide bonds. The molecule has 1 aromatic heterocycles. The number of nitrogens with zero attached hydrogens (tertiary/aromatic N) is 2. The number of aromatic nitrogens is 1. The number of carboxylic acid groups (broad SMARTS) is 1. The number of carbonyl (C=O) groups is 2. The van der Waals surface area contributed by atoms with E-state index in [0.717, 1.165) is 0 Å². The number of hydrogen-bond donors (Lipinski definition) is 2. The van der Waals surface area contributed by atoms with Gasteiger partial charge in [-0.1, -0.05) is 0 Å². The molecule has 0 saturated carbocycles. The number of ether oxygens (including phenoxy) is 1. The van der Waals surface area contributed by atoms with Gasteiger partial charge in [0, 0.05) is 12.7 Å². The van der Waals surface area contributed by atoms with Gasteiger partial charge in [0.05, 0.1) is 36.2 Å². The molecule has 1 fully saturated rings. The van der Waals surface area contributed by atoms with Crippen molar-refractivity contribution in [2.75, 3.05) is 18.5 Å². The molecule has 0 bridgehead atoms. The molecule has 20 heavy (non-hydrogen) atoms. The zero-order chi connectivity index (χ0) is 14.7. The van der Waals surface area contributed by atoms with Crippen LogP contribution in [0, 0.1) is 0 Å². The standard InChI is InChI=1S/C13H17N3O4/c1-8-7-20-9(2)6-16(8)13(19)15-11-3-10(12(17)18)4-14-5-11/h3-5,8-9H,6-7H2,1-2H3,(H,15,19)(H,17,18). The first kappa shape index (κ1) is 14.3. The van der Waals surface area contributed by atoms with Gasteiger partial charge in [0.1, 0.15) is 0 Å². The Kier molecular flexibility index (Phi) is 4.19. The van der Waals surface area contributed by atoms with E-state index in [2.05, 4.69) is 10.3 Å². The van der Waals surface area contributed by atoms with Gasteiger partial charge in [0.15, 0.2) is 0 Å². The lowest BCUT2D eigenvalue weighted by Gasteiger charge is -2.36. The Hall–Kier alpha value is -2.15. The van der Waals surface area contributed by atoms with Gasteiger partial charge in [0.2, 0.25) is 0 Å². The summed E-state index contributed by atoms with van der Waals surface area (Å²) in [5, 5.41) is 11.6. The summed E-state index contributed by atoms with van der Waals surface area (Å²) < 4.78 is 5.46. The summed E-state index contributed by atoms with van der Waals surface area (Å²) in [5.74, 6) is -1.08. The summed E-state index contributed by atoms with van der Waals surface area (Å²) in [6.45, 7) is 4.79. The van der Waals surface area contributed by atoms with Crippen molar-refractivity contribution in [2.24, 2.45) is 0 Å². The molecule has 0 radical (unpaired) electrons. The predicted octanol–water partition coefficient (Wildman–Crippen LogP) is 1.42. The fourth-order valence-corrected chi connectivity index (χ4v) is 2.01. The van der Waals surface area contributed by atoms with Crippen LogP contribution in [0.3, 0.4) is 0 Å². The molecule has 1 aromatic rings. The topological polar surface area (TPSA) is 91.8 Å². The third kappa shape index (κ3) is 3.24. The predicted molar refractivity (Wildman–Crippen MR) is 71.8 cm³/mol. The third-order valence-corrected chi connectivity index (χ3v) is 3.11.